The zero-order valence-corrected chi connectivity index (χ0v) is 17.2. The molecule has 0 fully saturated rings. The molecule has 150 valence electrons. The van der Waals surface area contributed by atoms with E-state index in [2.05, 4.69) is 0 Å². The number of non-ortho nitro benzene ring substituents is 1. The van der Waals surface area contributed by atoms with Crippen molar-refractivity contribution in [3.63, 3.8) is 0 Å². The Balaban J connectivity index is 1.51. The molecule has 30 heavy (non-hydrogen) atoms. The maximum atomic E-state index is 12.9. The number of furan rings is 1. The highest BCUT2D eigenvalue weighted by molar-refractivity contribution is 7.18. The Hall–Kier alpha value is -3.52. The molecule has 5 rings (SSSR count). The molecule has 4 heterocycles. The molecule has 0 bridgehead atoms. The van der Waals surface area contributed by atoms with Crippen LogP contribution in [-0.2, 0) is 6.54 Å². The average Bonchev–Trinajstić information content (AvgIpc) is 3.42. The van der Waals surface area contributed by atoms with Gasteiger partial charge in [-0.3, -0.25) is 19.5 Å². The van der Waals surface area contributed by atoms with Crippen LogP contribution in [0.4, 0.5) is 5.69 Å². The topological polar surface area (TPSA) is 91.2 Å². The number of allylic oxidation sites excluding steroid dienone is 1. The van der Waals surface area contributed by atoms with Gasteiger partial charge in [0.15, 0.2) is 0 Å². The fourth-order valence-electron chi connectivity index (χ4n) is 3.77. The standard InChI is InChI=1S/C22H17N3O4S/c1-12-13(2)30-21-19(12)22(26)24-10-9-15(20(24)23-21)11-17-7-8-18(29-17)14-3-5-16(6-4-14)25(27)28/h3-8,11H,9-10H2,1-2H3/b15-11-. The van der Waals surface area contributed by atoms with Gasteiger partial charge in [0.05, 0.1) is 10.3 Å². The van der Waals surface area contributed by atoms with E-state index in [9.17, 15) is 14.9 Å². The molecule has 0 saturated heterocycles. The molecule has 1 aliphatic rings. The van der Waals surface area contributed by atoms with E-state index in [-0.39, 0.29) is 11.2 Å². The summed E-state index contributed by atoms with van der Waals surface area (Å²) in [5.41, 5.74) is 2.79. The number of nitro benzene ring substituents is 1. The molecule has 1 aromatic carbocycles. The van der Waals surface area contributed by atoms with Gasteiger partial charge in [-0.15, -0.1) is 11.3 Å². The second-order valence-electron chi connectivity index (χ2n) is 7.28. The molecule has 3 aromatic heterocycles. The highest BCUT2D eigenvalue weighted by Crippen LogP contribution is 2.33. The Labute approximate surface area is 175 Å². The van der Waals surface area contributed by atoms with Crippen LogP contribution in [0.5, 0.6) is 0 Å². The summed E-state index contributed by atoms with van der Waals surface area (Å²) in [7, 11) is 0. The van der Waals surface area contributed by atoms with Crippen molar-refractivity contribution in [1.29, 1.82) is 0 Å². The average molecular weight is 419 g/mol. The first-order valence-electron chi connectivity index (χ1n) is 9.48. The van der Waals surface area contributed by atoms with Crippen molar-refractivity contribution in [2.45, 2.75) is 26.8 Å². The molecule has 0 spiro atoms. The number of nitrogens with zero attached hydrogens (tertiary/aromatic N) is 3. The molecular formula is C22H17N3O4S. The first kappa shape index (κ1) is 18.5. The SMILES string of the molecule is Cc1sc2nc3n(c(=O)c2c1C)CC/C3=C/c1ccc(-c2ccc([N+](=O)[O-])cc2)o1. The summed E-state index contributed by atoms with van der Waals surface area (Å²) in [6.45, 7) is 4.59. The molecule has 0 unspecified atom stereocenters. The van der Waals surface area contributed by atoms with Crippen LogP contribution in [0.1, 0.15) is 28.4 Å². The summed E-state index contributed by atoms with van der Waals surface area (Å²) in [5, 5.41) is 11.5. The predicted octanol–water partition coefficient (Wildman–Crippen LogP) is 5.19. The third kappa shape index (κ3) is 2.88. The number of hydrogen-bond acceptors (Lipinski definition) is 6. The molecule has 0 N–H and O–H groups in total. The molecule has 0 amide bonds. The Bertz CT molecular complexity index is 1410. The lowest BCUT2D eigenvalue weighted by Gasteiger charge is -2.03. The fourth-order valence-corrected chi connectivity index (χ4v) is 4.79. The summed E-state index contributed by atoms with van der Waals surface area (Å²) in [4.78, 5) is 30.0. The number of rotatable bonds is 3. The van der Waals surface area contributed by atoms with Crippen molar-refractivity contribution < 1.29 is 9.34 Å². The Kier molecular flexibility index (Phi) is 4.18. The van der Waals surface area contributed by atoms with Crippen molar-refractivity contribution in [1.82, 2.24) is 9.55 Å². The van der Waals surface area contributed by atoms with E-state index in [1.54, 1.807) is 28.0 Å². The molecule has 7 nitrogen and oxygen atoms in total. The maximum Gasteiger partial charge on any atom is 0.269 e. The molecule has 0 radical (unpaired) electrons. The van der Waals surface area contributed by atoms with Crippen LogP contribution in [-0.4, -0.2) is 14.5 Å². The number of nitro groups is 1. The van der Waals surface area contributed by atoms with Gasteiger partial charge in [-0.1, -0.05) is 0 Å². The van der Waals surface area contributed by atoms with Crippen molar-refractivity contribution in [3.05, 3.63) is 78.9 Å². The van der Waals surface area contributed by atoms with Gasteiger partial charge in [0.1, 0.15) is 22.2 Å². The highest BCUT2D eigenvalue weighted by Gasteiger charge is 2.23. The van der Waals surface area contributed by atoms with E-state index in [0.717, 1.165) is 31.8 Å². The summed E-state index contributed by atoms with van der Waals surface area (Å²) < 4.78 is 7.67. The monoisotopic (exact) mass is 419 g/mol. The van der Waals surface area contributed by atoms with Gasteiger partial charge >= 0.3 is 0 Å². The Morgan fingerprint density at radius 2 is 1.97 bits per heavy atom. The second-order valence-corrected chi connectivity index (χ2v) is 8.48. The third-order valence-corrected chi connectivity index (χ3v) is 6.59. The van der Waals surface area contributed by atoms with Crippen molar-refractivity contribution in [2.24, 2.45) is 0 Å². The van der Waals surface area contributed by atoms with Crippen LogP contribution in [0.15, 0.2) is 45.6 Å². The zero-order valence-electron chi connectivity index (χ0n) is 16.3. The molecular weight excluding hydrogens is 402 g/mol. The first-order chi connectivity index (χ1) is 14.4. The minimum absolute atomic E-state index is 0.0197. The first-order valence-corrected chi connectivity index (χ1v) is 10.3. The van der Waals surface area contributed by atoms with Crippen LogP contribution in [0.2, 0.25) is 0 Å². The van der Waals surface area contributed by atoms with Crippen LogP contribution in [0, 0.1) is 24.0 Å². The van der Waals surface area contributed by atoms with E-state index in [1.807, 2.05) is 32.1 Å². The minimum Gasteiger partial charge on any atom is -0.457 e. The summed E-state index contributed by atoms with van der Waals surface area (Å²) >= 11 is 1.55. The lowest BCUT2D eigenvalue weighted by Crippen LogP contribution is -2.20. The minimum atomic E-state index is -0.429. The van der Waals surface area contributed by atoms with Gasteiger partial charge in [0.25, 0.3) is 11.2 Å². The van der Waals surface area contributed by atoms with Gasteiger partial charge in [-0.05, 0) is 56.2 Å². The Morgan fingerprint density at radius 3 is 2.70 bits per heavy atom. The van der Waals surface area contributed by atoms with Crippen molar-refractivity contribution in [2.75, 3.05) is 0 Å². The van der Waals surface area contributed by atoms with Crippen LogP contribution < -0.4 is 5.56 Å². The van der Waals surface area contributed by atoms with E-state index >= 15 is 0 Å². The molecule has 4 aromatic rings. The van der Waals surface area contributed by atoms with E-state index in [1.165, 1.54) is 12.1 Å². The Morgan fingerprint density at radius 1 is 1.20 bits per heavy atom. The molecule has 8 heteroatoms. The number of aromatic nitrogens is 2. The second kappa shape index (κ2) is 6.77. The zero-order chi connectivity index (χ0) is 21.0. The molecule has 0 atom stereocenters. The van der Waals surface area contributed by atoms with Gasteiger partial charge in [-0.2, -0.15) is 0 Å². The number of aryl methyl sites for hydroxylation is 2. The normalized spacial score (nSPS) is 14.5. The van der Waals surface area contributed by atoms with Crippen LogP contribution >= 0.6 is 11.3 Å². The third-order valence-electron chi connectivity index (χ3n) is 5.49. The molecule has 0 saturated carbocycles. The molecule has 0 aliphatic carbocycles. The number of fused-ring (bicyclic) bond motifs is 2. The predicted molar refractivity (Wildman–Crippen MR) is 117 cm³/mol. The van der Waals surface area contributed by atoms with Gasteiger partial charge in [0.2, 0.25) is 0 Å². The summed E-state index contributed by atoms with van der Waals surface area (Å²) in [6.07, 6.45) is 2.63. The van der Waals surface area contributed by atoms with E-state index in [4.69, 9.17) is 9.40 Å². The molecule has 1 aliphatic heterocycles. The highest BCUT2D eigenvalue weighted by atomic mass is 32.1. The smallest absolute Gasteiger partial charge is 0.269 e. The van der Waals surface area contributed by atoms with Crippen LogP contribution in [0.3, 0.4) is 0 Å². The maximum absolute atomic E-state index is 12.9. The number of thiophene rings is 1. The fraction of sp³-hybridized carbons (Fsp3) is 0.182. The van der Waals surface area contributed by atoms with Crippen LogP contribution in [0.25, 0.3) is 33.2 Å². The van der Waals surface area contributed by atoms with E-state index < -0.39 is 4.92 Å². The summed E-state index contributed by atoms with van der Waals surface area (Å²) in [6, 6.07) is 9.92. The van der Waals surface area contributed by atoms with Gasteiger partial charge in [0, 0.05) is 34.7 Å². The largest absolute Gasteiger partial charge is 0.457 e. The quantitative estimate of drug-likeness (QED) is 0.337. The summed E-state index contributed by atoms with van der Waals surface area (Å²) in [5.74, 6) is 1.97. The number of benzene rings is 1. The van der Waals surface area contributed by atoms with Crippen molar-refractivity contribution in [3.8, 4) is 11.3 Å². The number of hydrogen-bond donors (Lipinski definition) is 0. The lowest BCUT2D eigenvalue weighted by atomic mass is 10.1. The van der Waals surface area contributed by atoms with Gasteiger partial charge in [-0.25, -0.2) is 4.98 Å². The van der Waals surface area contributed by atoms with Crippen molar-refractivity contribution >= 4 is 38.9 Å². The lowest BCUT2D eigenvalue weighted by molar-refractivity contribution is -0.384. The van der Waals surface area contributed by atoms with Gasteiger partial charge < -0.3 is 4.42 Å². The van der Waals surface area contributed by atoms with E-state index in [0.29, 0.717) is 30.3 Å².